The average molecular weight is 495 g/mol. The first-order valence-electron chi connectivity index (χ1n) is 13.3. The lowest BCUT2D eigenvalue weighted by Gasteiger charge is -2.38. The number of benzene rings is 2. The number of ether oxygens (including phenoxy) is 2. The van der Waals surface area contributed by atoms with Crippen molar-refractivity contribution >= 4 is 5.91 Å². The molecule has 1 amide bonds. The summed E-state index contributed by atoms with van der Waals surface area (Å²) in [5, 5.41) is 0. The van der Waals surface area contributed by atoms with E-state index in [0.717, 1.165) is 83.4 Å². The number of aryl methyl sites for hydroxylation is 2. The lowest BCUT2D eigenvalue weighted by molar-refractivity contribution is -0.134. The topological polar surface area (TPSA) is 48.5 Å². The van der Waals surface area contributed by atoms with Gasteiger partial charge in [0.25, 0.3) is 0 Å². The maximum absolute atomic E-state index is 13.0. The van der Waals surface area contributed by atoms with Gasteiger partial charge in [0.2, 0.25) is 5.91 Å². The third kappa shape index (κ3) is 7.21. The predicted molar refractivity (Wildman–Crippen MR) is 144 cm³/mol. The number of hydrogen-bond acceptors (Lipinski definition) is 6. The van der Waals surface area contributed by atoms with Crippen LogP contribution in [0.2, 0.25) is 0 Å². The molecule has 0 aromatic heterocycles. The summed E-state index contributed by atoms with van der Waals surface area (Å²) in [6.45, 7) is 12.1. The van der Waals surface area contributed by atoms with E-state index in [4.69, 9.17) is 9.47 Å². The molecule has 0 aliphatic carbocycles. The predicted octanol–water partition coefficient (Wildman–Crippen LogP) is 2.91. The minimum absolute atomic E-state index is 0.273. The Hall–Kier alpha value is -2.61. The highest BCUT2D eigenvalue weighted by molar-refractivity contribution is 5.78. The van der Waals surface area contributed by atoms with Crippen molar-refractivity contribution in [3.63, 3.8) is 0 Å². The maximum Gasteiger partial charge on any atom is 0.236 e. The molecule has 2 aromatic carbocycles. The van der Waals surface area contributed by atoms with Crippen molar-refractivity contribution in [3.05, 3.63) is 59.2 Å². The summed E-state index contributed by atoms with van der Waals surface area (Å²) >= 11 is 0. The van der Waals surface area contributed by atoms with Gasteiger partial charge < -0.3 is 19.3 Å². The van der Waals surface area contributed by atoms with E-state index >= 15 is 0 Å². The van der Waals surface area contributed by atoms with Crippen LogP contribution in [-0.2, 0) is 17.8 Å². The second-order valence-corrected chi connectivity index (χ2v) is 10.00. The van der Waals surface area contributed by atoms with Crippen LogP contribution in [-0.4, -0.2) is 105 Å². The van der Waals surface area contributed by atoms with Crippen LogP contribution in [0.1, 0.15) is 23.1 Å². The average Bonchev–Trinajstić information content (AvgIpc) is 2.91. The zero-order valence-electron chi connectivity index (χ0n) is 22.2. The Morgan fingerprint density at radius 3 is 2.08 bits per heavy atom. The molecule has 2 aliphatic rings. The Bertz CT molecular complexity index is 968. The fourth-order valence-corrected chi connectivity index (χ4v) is 5.20. The summed E-state index contributed by atoms with van der Waals surface area (Å²) in [4.78, 5) is 22.3. The Kier molecular flexibility index (Phi) is 9.61. The Morgan fingerprint density at radius 2 is 1.42 bits per heavy atom. The summed E-state index contributed by atoms with van der Waals surface area (Å²) in [7, 11) is 3.34. The van der Waals surface area contributed by atoms with Gasteiger partial charge in [0.05, 0.1) is 20.8 Å². The molecule has 0 spiro atoms. The molecule has 196 valence electrons. The van der Waals surface area contributed by atoms with Crippen molar-refractivity contribution in [3.8, 4) is 11.5 Å². The van der Waals surface area contributed by atoms with E-state index in [1.54, 1.807) is 14.2 Å². The first-order chi connectivity index (χ1) is 17.6. The van der Waals surface area contributed by atoms with Crippen LogP contribution in [0.5, 0.6) is 11.5 Å². The molecule has 0 saturated carbocycles. The summed E-state index contributed by atoms with van der Waals surface area (Å²) < 4.78 is 10.9. The number of carbonyl (C=O) groups is 1. The van der Waals surface area contributed by atoms with Crippen LogP contribution in [0.3, 0.4) is 0 Å². The van der Waals surface area contributed by atoms with Gasteiger partial charge >= 0.3 is 0 Å². The van der Waals surface area contributed by atoms with Crippen molar-refractivity contribution in [2.75, 3.05) is 79.7 Å². The second kappa shape index (κ2) is 13.1. The summed E-state index contributed by atoms with van der Waals surface area (Å²) in [6.07, 6.45) is 2.33. The number of methoxy groups -OCH3 is 2. The highest BCUT2D eigenvalue weighted by atomic mass is 16.5. The van der Waals surface area contributed by atoms with Gasteiger partial charge in [-0.2, -0.15) is 0 Å². The molecule has 0 bridgehead atoms. The van der Waals surface area contributed by atoms with E-state index in [1.165, 1.54) is 23.1 Å². The molecule has 0 atom stereocenters. The second-order valence-electron chi connectivity index (χ2n) is 10.00. The molecular formula is C29H42N4O3. The molecule has 36 heavy (non-hydrogen) atoms. The number of amides is 1. The molecule has 0 N–H and O–H groups in total. The highest BCUT2D eigenvalue weighted by Crippen LogP contribution is 2.31. The van der Waals surface area contributed by atoms with Gasteiger partial charge in [-0.05, 0) is 55.1 Å². The zero-order valence-corrected chi connectivity index (χ0v) is 22.2. The summed E-state index contributed by atoms with van der Waals surface area (Å²) in [5.41, 5.74) is 3.86. The quantitative estimate of drug-likeness (QED) is 0.506. The molecule has 7 heteroatoms. The molecule has 2 fully saturated rings. The van der Waals surface area contributed by atoms with Gasteiger partial charge in [0, 0.05) is 58.9 Å². The van der Waals surface area contributed by atoms with Gasteiger partial charge in [0.15, 0.2) is 11.5 Å². The largest absolute Gasteiger partial charge is 0.493 e. The number of piperazine rings is 2. The van der Waals surface area contributed by atoms with Crippen LogP contribution in [0, 0.1) is 6.92 Å². The fraction of sp³-hybridized carbons (Fsp3) is 0.552. The van der Waals surface area contributed by atoms with Crippen molar-refractivity contribution in [2.45, 2.75) is 26.3 Å². The minimum Gasteiger partial charge on any atom is -0.493 e. The van der Waals surface area contributed by atoms with E-state index in [1.807, 2.05) is 11.0 Å². The fourth-order valence-electron chi connectivity index (χ4n) is 5.20. The van der Waals surface area contributed by atoms with E-state index in [9.17, 15) is 4.79 Å². The van der Waals surface area contributed by atoms with Gasteiger partial charge in [0.1, 0.15) is 0 Å². The molecule has 2 aromatic rings. The molecule has 2 aliphatic heterocycles. The van der Waals surface area contributed by atoms with E-state index in [0.29, 0.717) is 6.54 Å². The smallest absolute Gasteiger partial charge is 0.236 e. The number of hydrogen-bond donors (Lipinski definition) is 0. The first-order valence-corrected chi connectivity index (χ1v) is 13.3. The van der Waals surface area contributed by atoms with Crippen LogP contribution in [0.25, 0.3) is 0 Å². The lowest BCUT2D eigenvalue weighted by atomic mass is 10.1. The number of nitrogens with zero attached hydrogens (tertiary/aromatic N) is 4. The van der Waals surface area contributed by atoms with Crippen LogP contribution < -0.4 is 9.47 Å². The Balaban J connectivity index is 1.15. The van der Waals surface area contributed by atoms with Crippen LogP contribution in [0.15, 0.2) is 42.5 Å². The maximum atomic E-state index is 13.0. The monoisotopic (exact) mass is 494 g/mol. The third-order valence-electron chi connectivity index (χ3n) is 7.57. The van der Waals surface area contributed by atoms with E-state index in [2.05, 4.69) is 58.0 Å². The van der Waals surface area contributed by atoms with Crippen molar-refractivity contribution in [2.24, 2.45) is 0 Å². The van der Waals surface area contributed by atoms with Gasteiger partial charge in [-0.3, -0.25) is 14.6 Å². The lowest BCUT2D eigenvalue weighted by Crippen LogP contribution is -2.53. The normalized spacial score (nSPS) is 17.8. The van der Waals surface area contributed by atoms with Crippen LogP contribution >= 0.6 is 0 Å². The molecule has 2 heterocycles. The van der Waals surface area contributed by atoms with Crippen molar-refractivity contribution < 1.29 is 14.3 Å². The van der Waals surface area contributed by atoms with Crippen LogP contribution in [0.4, 0.5) is 0 Å². The highest BCUT2D eigenvalue weighted by Gasteiger charge is 2.25. The minimum atomic E-state index is 0.273. The molecule has 4 rings (SSSR count). The summed E-state index contributed by atoms with van der Waals surface area (Å²) in [5.74, 6) is 1.81. The van der Waals surface area contributed by atoms with E-state index < -0.39 is 0 Å². The molecule has 0 radical (unpaired) electrons. The molecule has 0 unspecified atom stereocenters. The van der Waals surface area contributed by atoms with Gasteiger partial charge in [-0.15, -0.1) is 0 Å². The van der Waals surface area contributed by atoms with Gasteiger partial charge in [-0.25, -0.2) is 0 Å². The first kappa shape index (κ1) is 26.5. The molecule has 7 nitrogen and oxygen atoms in total. The molecule has 2 saturated heterocycles. The summed E-state index contributed by atoms with van der Waals surface area (Å²) in [6, 6.07) is 14.8. The molecular weight excluding hydrogens is 452 g/mol. The SMILES string of the molecule is COc1cc(C)c(CN2CCN(C(=O)CN3CCN(CCCc4ccccc4)CC3)CC2)cc1OC. The van der Waals surface area contributed by atoms with Gasteiger partial charge in [-0.1, -0.05) is 30.3 Å². The Morgan fingerprint density at radius 1 is 0.806 bits per heavy atom. The van der Waals surface area contributed by atoms with E-state index in [-0.39, 0.29) is 5.91 Å². The number of rotatable bonds is 10. The third-order valence-corrected chi connectivity index (χ3v) is 7.57. The Labute approximate surface area is 216 Å². The van der Waals surface area contributed by atoms with Crippen molar-refractivity contribution in [1.29, 1.82) is 0 Å². The standard InChI is InChI=1S/C29H42N4O3/c1-24-20-27(35-2)28(36-3)21-26(24)22-31-16-18-33(19-17-31)29(34)23-32-14-12-30(13-15-32)11-7-10-25-8-5-4-6-9-25/h4-6,8-9,20-21H,7,10-19,22-23H2,1-3H3. The van der Waals surface area contributed by atoms with Crippen molar-refractivity contribution in [1.82, 2.24) is 19.6 Å². The number of carbonyl (C=O) groups excluding carboxylic acids is 1. The zero-order chi connectivity index (χ0) is 25.3.